The summed E-state index contributed by atoms with van der Waals surface area (Å²) in [6, 6.07) is 7.28. The number of hydrogen-bond donors (Lipinski definition) is 0. The molecule has 2 aromatic carbocycles. The molecule has 0 fully saturated rings. The summed E-state index contributed by atoms with van der Waals surface area (Å²) in [4.78, 5) is 12.2. The van der Waals surface area contributed by atoms with E-state index < -0.39 is 43.4 Å². The van der Waals surface area contributed by atoms with Gasteiger partial charge in [0.2, 0.25) is 0 Å². The predicted octanol–water partition coefficient (Wildman–Crippen LogP) is 3.75. The van der Waals surface area contributed by atoms with Crippen LogP contribution >= 0.6 is 11.6 Å². The standard InChI is InChI=1S/C23H27ClFNO7S2/c1-23(2,3)33-21(27)13-15-11-19(24)22-20(12-15)26(14-17(32-22)9-10-34(4,28)29)35(30,31)18-7-5-16(25)6-8-18/h5-8,11-12,17H,9-10,13-14H2,1-4H3/t17-/m0/s1. The summed E-state index contributed by atoms with van der Waals surface area (Å²) in [7, 11) is -7.54. The number of carbonyl (C=O) groups is 1. The van der Waals surface area contributed by atoms with Gasteiger partial charge in [0.1, 0.15) is 27.4 Å². The van der Waals surface area contributed by atoms with Gasteiger partial charge in [0.05, 0.1) is 34.3 Å². The zero-order valence-corrected chi connectivity index (χ0v) is 22.1. The van der Waals surface area contributed by atoms with Crippen molar-refractivity contribution in [3.8, 4) is 5.75 Å². The molecule has 35 heavy (non-hydrogen) atoms. The normalized spacial score (nSPS) is 16.4. The fourth-order valence-corrected chi connectivity index (χ4v) is 5.99. The molecule has 1 aliphatic heterocycles. The Morgan fingerprint density at radius 2 is 1.80 bits per heavy atom. The summed E-state index contributed by atoms with van der Waals surface area (Å²) >= 11 is 6.44. The number of benzene rings is 2. The third-order valence-corrected chi connectivity index (χ3v) is 8.04. The molecule has 0 aromatic heterocycles. The Bertz CT molecular complexity index is 1320. The second kappa shape index (κ2) is 9.94. The van der Waals surface area contributed by atoms with Crippen LogP contribution < -0.4 is 9.04 Å². The molecule has 3 rings (SSSR count). The van der Waals surface area contributed by atoms with Crippen molar-refractivity contribution in [3.05, 3.63) is 52.8 Å². The maximum atomic E-state index is 13.5. The molecule has 0 saturated heterocycles. The molecule has 0 amide bonds. The number of fused-ring (bicyclic) bond motifs is 1. The second-order valence-corrected chi connectivity index (χ2v) is 13.9. The average molecular weight is 548 g/mol. The average Bonchev–Trinajstić information content (AvgIpc) is 2.70. The number of halogens is 2. The third-order valence-electron chi connectivity index (χ3n) is 4.99. The van der Waals surface area contributed by atoms with E-state index in [2.05, 4.69) is 0 Å². The fraction of sp³-hybridized carbons (Fsp3) is 0.435. The zero-order valence-electron chi connectivity index (χ0n) is 19.7. The number of esters is 1. The van der Waals surface area contributed by atoms with Crippen LogP contribution in [0.15, 0.2) is 41.3 Å². The molecular weight excluding hydrogens is 521 g/mol. The maximum Gasteiger partial charge on any atom is 0.310 e. The van der Waals surface area contributed by atoms with Crippen molar-refractivity contribution in [1.82, 2.24) is 0 Å². The zero-order chi connectivity index (χ0) is 26.2. The lowest BCUT2D eigenvalue weighted by Crippen LogP contribution is -2.44. The van der Waals surface area contributed by atoms with E-state index in [0.29, 0.717) is 5.56 Å². The number of anilines is 1. The van der Waals surface area contributed by atoms with Gasteiger partial charge in [0.15, 0.2) is 5.75 Å². The summed E-state index contributed by atoms with van der Waals surface area (Å²) in [5, 5.41) is 0.0596. The van der Waals surface area contributed by atoms with Crippen LogP contribution in [0.5, 0.6) is 5.75 Å². The fourth-order valence-electron chi connectivity index (χ4n) is 3.53. The van der Waals surface area contributed by atoms with E-state index in [-0.39, 0.29) is 46.5 Å². The Labute approximate surface area is 210 Å². The molecule has 0 saturated carbocycles. The summed E-state index contributed by atoms with van der Waals surface area (Å²) < 4.78 is 76.1. The Morgan fingerprint density at radius 1 is 1.17 bits per heavy atom. The maximum absolute atomic E-state index is 13.5. The number of ether oxygens (including phenoxy) is 2. The van der Waals surface area contributed by atoms with E-state index in [9.17, 15) is 26.0 Å². The van der Waals surface area contributed by atoms with Gasteiger partial charge in [-0.1, -0.05) is 11.6 Å². The summed E-state index contributed by atoms with van der Waals surface area (Å²) in [6.45, 7) is 4.99. The van der Waals surface area contributed by atoms with Gasteiger partial charge < -0.3 is 9.47 Å². The Kier molecular flexibility index (Phi) is 7.73. The van der Waals surface area contributed by atoms with Gasteiger partial charge in [-0.15, -0.1) is 0 Å². The molecule has 1 aliphatic rings. The smallest absolute Gasteiger partial charge is 0.310 e. The van der Waals surface area contributed by atoms with Gasteiger partial charge in [-0.05, 0) is 69.2 Å². The van der Waals surface area contributed by atoms with Gasteiger partial charge in [0.25, 0.3) is 10.0 Å². The highest BCUT2D eigenvalue weighted by Gasteiger charge is 2.36. The number of carbonyl (C=O) groups excluding carboxylic acids is 1. The number of nitrogens with zero attached hydrogens (tertiary/aromatic N) is 1. The van der Waals surface area contributed by atoms with Crippen LogP contribution in [0, 0.1) is 5.82 Å². The molecule has 0 spiro atoms. The van der Waals surface area contributed by atoms with Crippen molar-refractivity contribution in [1.29, 1.82) is 0 Å². The molecule has 192 valence electrons. The minimum absolute atomic E-state index is 0.0314. The van der Waals surface area contributed by atoms with Crippen molar-refractivity contribution < 1.29 is 35.5 Å². The van der Waals surface area contributed by atoms with Crippen LogP contribution in [0.2, 0.25) is 5.02 Å². The summed E-state index contributed by atoms with van der Waals surface area (Å²) in [5.41, 5.74) is -0.209. The van der Waals surface area contributed by atoms with E-state index in [1.807, 2.05) is 0 Å². The van der Waals surface area contributed by atoms with Crippen molar-refractivity contribution in [2.75, 3.05) is 22.9 Å². The molecule has 2 aromatic rings. The van der Waals surface area contributed by atoms with Gasteiger partial charge in [-0.3, -0.25) is 9.10 Å². The minimum atomic E-state index is -4.21. The lowest BCUT2D eigenvalue weighted by atomic mass is 10.1. The SMILES string of the molecule is CC(C)(C)OC(=O)Cc1cc(Cl)c2c(c1)N(S(=O)(=O)c1ccc(F)cc1)C[C@H](CCS(C)(=O)=O)O2. The first-order valence-corrected chi connectivity index (χ1v) is 14.6. The molecule has 12 heteroatoms. The van der Waals surface area contributed by atoms with Gasteiger partial charge in [-0.25, -0.2) is 21.2 Å². The predicted molar refractivity (Wildman–Crippen MR) is 131 cm³/mol. The topological polar surface area (TPSA) is 107 Å². The molecular formula is C23H27ClFNO7S2. The Morgan fingerprint density at radius 3 is 2.37 bits per heavy atom. The third kappa shape index (κ3) is 7.08. The molecule has 1 atom stereocenters. The minimum Gasteiger partial charge on any atom is -0.485 e. The van der Waals surface area contributed by atoms with Gasteiger partial charge >= 0.3 is 5.97 Å². The largest absolute Gasteiger partial charge is 0.485 e. The van der Waals surface area contributed by atoms with Crippen LogP contribution in [0.1, 0.15) is 32.8 Å². The lowest BCUT2D eigenvalue weighted by molar-refractivity contribution is -0.153. The lowest BCUT2D eigenvalue weighted by Gasteiger charge is -2.36. The summed E-state index contributed by atoms with van der Waals surface area (Å²) in [5.74, 6) is -1.29. The summed E-state index contributed by atoms with van der Waals surface area (Å²) in [6.07, 6.45) is 0.143. The van der Waals surface area contributed by atoms with E-state index in [1.165, 1.54) is 12.1 Å². The van der Waals surface area contributed by atoms with E-state index >= 15 is 0 Å². The molecule has 1 heterocycles. The first-order valence-electron chi connectivity index (χ1n) is 10.7. The highest BCUT2D eigenvalue weighted by molar-refractivity contribution is 7.92. The number of sulfone groups is 1. The first kappa shape index (κ1) is 27.2. The number of sulfonamides is 1. The molecule has 0 N–H and O–H groups in total. The number of hydrogen-bond acceptors (Lipinski definition) is 7. The highest BCUT2D eigenvalue weighted by Crippen LogP contribution is 2.43. The van der Waals surface area contributed by atoms with E-state index in [0.717, 1.165) is 34.8 Å². The Balaban J connectivity index is 2.05. The highest BCUT2D eigenvalue weighted by atomic mass is 35.5. The van der Waals surface area contributed by atoms with E-state index in [1.54, 1.807) is 20.8 Å². The van der Waals surface area contributed by atoms with E-state index in [4.69, 9.17) is 21.1 Å². The number of rotatable bonds is 7. The van der Waals surface area contributed by atoms with Gasteiger partial charge in [0, 0.05) is 6.26 Å². The molecule has 0 aliphatic carbocycles. The Hall–Kier alpha value is -2.37. The second-order valence-electron chi connectivity index (χ2n) is 9.34. The monoisotopic (exact) mass is 547 g/mol. The molecule has 0 radical (unpaired) electrons. The van der Waals surface area contributed by atoms with Crippen molar-refractivity contribution in [2.24, 2.45) is 0 Å². The van der Waals surface area contributed by atoms with Crippen LogP contribution in [0.3, 0.4) is 0 Å². The quantitative estimate of drug-likeness (QED) is 0.486. The van der Waals surface area contributed by atoms with Crippen molar-refractivity contribution in [2.45, 2.75) is 50.2 Å². The first-order chi connectivity index (χ1) is 16.0. The molecule has 8 nitrogen and oxygen atoms in total. The van der Waals surface area contributed by atoms with Gasteiger partial charge in [-0.2, -0.15) is 0 Å². The van der Waals surface area contributed by atoms with Crippen LogP contribution in [-0.4, -0.2) is 53.1 Å². The molecule has 0 bridgehead atoms. The van der Waals surface area contributed by atoms with Crippen LogP contribution in [0.25, 0.3) is 0 Å². The van der Waals surface area contributed by atoms with Crippen LogP contribution in [-0.2, 0) is 35.8 Å². The van der Waals surface area contributed by atoms with Crippen molar-refractivity contribution in [3.63, 3.8) is 0 Å². The van der Waals surface area contributed by atoms with Crippen molar-refractivity contribution >= 4 is 43.1 Å². The molecule has 0 unspecified atom stereocenters. The van der Waals surface area contributed by atoms with Crippen LogP contribution in [0.4, 0.5) is 10.1 Å².